The van der Waals surface area contributed by atoms with E-state index in [1.165, 1.54) is 0 Å². The van der Waals surface area contributed by atoms with Crippen LogP contribution in [-0.2, 0) is 0 Å². The molecule has 0 aliphatic heterocycles. The van der Waals surface area contributed by atoms with Gasteiger partial charge in [-0.15, -0.1) is 0 Å². The van der Waals surface area contributed by atoms with E-state index in [4.69, 9.17) is 10.5 Å². The van der Waals surface area contributed by atoms with Crippen LogP contribution in [0.1, 0.15) is 36.5 Å². The first-order valence-electron chi connectivity index (χ1n) is 6.48. The molecule has 100 valence electrons. The molecule has 19 heavy (non-hydrogen) atoms. The summed E-state index contributed by atoms with van der Waals surface area (Å²) < 4.78 is 5.89. The third-order valence-corrected chi connectivity index (χ3v) is 3.12. The summed E-state index contributed by atoms with van der Waals surface area (Å²) >= 11 is 0. The fourth-order valence-electron chi connectivity index (χ4n) is 1.88. The molecule has 1 aromatic carbocycles. The lowest BCUT2D eigenvalue weighted by Gasteiger charge is -2.15. The van der Waals surface area contributed by atoms with Gasteiger partial charge in [-0.1, -0.05) is 19.9 Å². The zero-order valence-electron chi connectivity index (χ0n) is 11.9. The number of nitrogens with zero attached hydrogens (tertiary/aromatic N) is 1. The molecule has 0 atom stereocenters. The number of nitrogens with two attached hydrogens (primary N) is 1. The van der Waals surface area contributed by atoms with Gasteiger partial charge in [-0.3, -0.25) is 0 Å². The van der Waals surface area contributed by atoms with E-state index in [0.717, 1.165) is 28.1 Å². The lowest BCUT2D eigenvalue weighted by atomic mass is 9.99. The number of aryl methyl sites for hydroxylation is 2. The first-order valence-corrected chi connectivity index (χ1v) is 6.48. The summed E-state index contributed by atoms with van der Waals surface area (Å²) in [5.41, 5.74) is 10.0. The zero-order valence-corrected chi connectivity index (χ0v) is 11.9. The molecule has 0 amide bonds. The first kappa shape index (κ1) is 13.4. The van der Waals surface area contributed by atoms with Crippen molar-refractivity contribution in [2.45, 2.75) is 33.6 Å². The first-order chi connectivity index (χ1) is 8.97. The van der Waals surface area contributed by atoms with E-state index in [1.54, 1.807) is 6.20 Å². The summed E-state index contributed by atoms with van der Waals surface area (Å²) in [6.45, 7) is 8.23. The van der Waals surface area contributed by atoms with Crippen molar-refractivity contribution in [3.05, 3.63) is 47.2 Å². The molecule has 0 aliphatic rings. The number of hydrogen-bond donors (Lipinski definition) is 1. The highest BCUT2D eigenvalue weighted by Gasteiger charge is 2.11. The SMILES string of the molecule is Cc1ccc(Oc2cc(C)c(N)cc2C(C)C)nc1. The molecule has 0 bridgehead atoms. The maximum absolute atomic E-state index is 5.97. The summed E-state index contributed by atoms with van der Waals surface area (Å²) in [6.07, 6.45) is 1.80. The van der Waals surface area contributed by atoms with E-state index in [0.29, 0.717) is 11.8 Å². The van der Waals surface area contributed by atoms with Gasteiger partial charge in [0.1, 0.15) is 5.75 Å². The third kappa shape index (κ3) is 3.05. The van der Waals surface area contributed by atoms with Crippen molar-refractivity contribution >= 4 is 5.69 Å². The largest absolute Gasteiger partial charge is 0.439 e. The molecular formula is C16H20N2O. The molecule has 1 aromatic heterocycles. The van der Waals surface area contributed by atoms with Crippen molar-refractivity contribution in [2.75, 3.05) is 5.73 Å². The molecule has 0 aliphatic carbocycles. The Kier molecular flexibility index (Phi) is 3.74. The van der Waals surface area contributed by atoms with Crippen molar-refractivity contribution in [3.8, 4) is 11.6 Å². The predicted molar refractivity (Wildman–Crippen MR) is 78.7 cm³/mol. The van der Waals surface area contributed by atoms with E-state index >= 15 is 0 Å². The summed E-state index contributed by atoms with van der Waals surface area (Å²) in [7, 11) is 0. The number of benzene rings is 1. The van der Waals surface area contributed by atoms with Crippen molar-refractivity contribution < 1.29 is 4.74 Å². The van der Waals surface area contributed by atoms with Crippen LogP contribution in [0.2, 0.25) is 0 Å². The van der Waals surface area contributed by atoms with Crippen LogP contribution in [0.25, 0.3) is 0 Å². The van der Waals surface area contributed by atoms with Gasteiger partial charge in [0.15, 0.2) is 0 Å². The zero-order chi connectivity index (χ0) is 14.0. The molecule has 0 fully saturated rings. The maximum atomic E-state index is 5.97. The Morgan fingerprint density at radius 3 is 2.47 bits per heavy atom. The van der Waals surface area contributed by atoms with Crippen LogP contribution in [0.3, 0.4) is 0 Å². The van der Waals surface area contributed by atoms with E-state index < -0.39 is 0 Å². The molecule has 3 nitrogen and oxygen atoms in total. The van der Waals surface area contributed by atoms with Gasteiger partial charge >= 0.3 is 0 Å². The standard InChI is InChI=1S/C16H20N2O/c1-10(2)13-8-14(17)12(4)7-15(13)19-16-6-5-11(3)9-18-16/h5-10H,17H2,1-4H3. The second-order valence-corrected chi connectivity index (χ2v) is 5.18. The van der Waals surface area contributed by atoms with Crippen LogP contribution < -0.4 is 10.5 Å². The molecule has 3 heteroatoms. The number of aromatic nitrogens is 1. The van der Waals surface area contributed by atoms with Gasteiger partial charge in [-0.25, -0.2) is 4.98 Å². The Morgan fingerprint density at radius 2 is 1.89 bits per heavy atom. The number of pyridine rings is 1. The maximum Gasteiger partial charge on any atom is 0.219 e. The number of anilines is 1. The minimum Gasteiger partial charge on any atom is -0.439 e. The fourth-order valence-corrected chi connectivity index (χ4v) is 1.88. The van der Waals surface area contributed by atoms with Gasteiger partial charge in [-0.05, 0) is 48.6 Å². The van der Waals surface area contributed by atoms with Crippen LogP contribution in [0.4, 0.5) is 5.69 Å². The Bertz CT molecular complexity index is 574. The van der Waals surface area contributed by atoms with E-state index in [-0.39, 0.29) is 0 Å². The number of rotatable bonds is 3. The normalized spacial score (nSPS) is 10.8. The van der Waals surface area contributed by atoms with E-state index in [1.807, 2.05) is 38.1 Å². The third-order valence-electron chi connectivity index (χ3n) is 3.12. The van der Waals surface area contributed by atoms with Crippen molar-refractivity contribution in [2.24, 2.45) is 0 Å². The second kappa shape index (κ2) is 5.31. The Labute approximate surface area is 114 Å². The Balaban J connectivity index is 2.38. The molecule has 0 saturated heterocycles. The van der Waals surface area contributed by atoms with Gasteiger partial charge in [0, 0.05) is 18.0 Å². The van der Waals surface area contributed by atoms with Crippen molar-refractivity contribution in [1.29, 1.82) is 0 Å². The minimum atomic E-state index is 0.350. The minimum absolute atomic E-state index is 0.350. The average Bonchev–Trinajstić information content (AvgIpc) is 2.36. The van der Waals surface area contributed by atoms with Gasteiger partial charge < -0.3 is 10.5 Å². The van der Waals surface area contributed by atoms with Gasteiger partial charge in [0.2, 0.25) is 5.88 Å². The summed E-state index contributed by atoms with van der Waals surface area (Å²) in [6, 6.07) is 7.84. The van der Waals surface area contributed by atoms with Crippen LogP contribution in [0.5, 0.6) is 11.6 Å². The van der Waals surface area contributed by atoms with Crippen LogP contribution in [-0.4, -0.2) is 4.98 Å². The fraction of sp³-hybridized carbons (Fsp3) is 0.312. The molecular weight excluding hydrogens is 236 g/mol. The van der Waals surface area contributed by atoms with Crippen molar-refractivity contribution in [3.63, 3.8) is 0 Å². The van der Waals surface area contributed by atoms with Crippen LogP contribution in [0.15, 0.2) is 30.5 Å². The number of hydrogen-bond acceptors (Lipinski definition) is 3. The highest BCUT2D eigenvalue weighted by Crippen LogP contribution is 2.33. The second-order valence-electron chi connectivity index (χ2n) is 5.18. The summed E-state index contributed by atoms with van der Waals surface area (Å²) in [4.78, 5) is 4.27. The lowest BCUT2D eigenvalue weighted by molar-refractivity contribution is 0.454. The van der Waals surface area contributed by atoms with E-state index in [2.05, 4.69) is 18.8 Å². The molecule has 1 heterocycles. The molecule has 2 N–H and O–H groups in total. The molecule has 0 spiro atoms. The molecule has 0 unspecified atom stereocenters. The number of ether oxygens (including phenoxy) is 1. The Hall–Kier alpha value is -2.03. The average molecular weight is 256 g/mol. The van der Waals surface area contributed by atoms with Crippen LogP contribution >= 0.6 is 0 Å². The lowest BCUT2D eigenvalue weighted by Crippen LogP contribution is -1.99. The van der Waals surface area contributed by atoms with E-state index in [9.17, 15) is 0 Å². The van der Waals surface area contributed by atoms with Crippen molar-refractivity contribution in [1.82, 2.24) is 4.98 Å². The van der Waals surface area contributed by atoms with Gasteiger partial charge in [-0.2, -0.15) is 0 Å². The molecule has 2 rings (SSSR count). The molecule has 2 aromatic rings. The number of nitrogen functional groups attached to an aromatic ring is 1. The topological polar surface area (TPSA) is 48.1 Å². The predicted octanol–water partition coefficient (Wildman–Crippen LogP) is 4.20. The summed E-state index contributed by atoms with van der Waals surface area (Å²) in [5, 5.41) is 0. The highest BCUT2D eigenvalue weighted by atomic mass is 16.5. The van der Waals surface area contributed by atoms with Gasteiger partial charge in [0.25, 0.3) is 0 Å². The smallest absolute Gasteiger partial charge is 0.219 e. The summed E-state index contributed by atoms with van der Waals surface area (Å²) in [5.74, 6) is 1.79. The Morgan fingerprint density at radius 1 is 1.16 bits per heavy atom. The monoisotopic (exact) mass is 256 g/mol. The van der Waals surface area contributed by atoms with Crippen LogP contribution in [0, 0.1) is 13.8 Å². The van der Waals surface area contributed by atoms with Gasteiger partial charge in [0.05, 0.1) is 0 Å². The molecule has 0 radical (unpaired) electrons. The quantitative estimate of drug-likeness (QED) is 0.837. The highest BCUT2D eigenvalue weighted by molar-refractivity contribution is 5.55. The molecule has 0 saturated carbocycles.